The average molecular weight is 653 g/mol. The molecule has 0 radical (unpaired) electrons. The van der Waals surface area contributed by atoms with Gasteiger partial charge >= 0.3 is 0 Å². The lowest BCUT2D eigenvalue weighted by Gasteiger charge is -2.25. The molecule has 0 aliphatic heterocycles. The van der Waals surface area contributed by atoms with Gasteiger partial charge in [0.2, 0.25) is 0 Å². The zero-order valence-electron chi connectivity index (χ0n) is 27.8. The molecule has 10 aromatic rings. The summed E-state index contributed by atoms with van der Waals surface area (Å²) in [5, 5.41) is 4.72. The van der Waals surface area contributed by atoms with Gasteiger partial charge in [-0.2, -0.15) is 0 Å². The molecule has 0 aliphatic carbocycles. The van der Waals surface area contributed by atoms with Crippen LogP contribution in [0.15, 0.2) is 199 Å². The van der Waals surface area contributed by atoms with Crippen molar-refractivity contribution in [1.82, 2.24) is 4.57 Å². The highest BCUT2D eigenvalue weighted by Gasteiger charge is 2.19. The lowest BCUT2D eigenvalue weighted by atomic mass is 10.0. The van der Waals surface area contributed by atoms with Crippen LogP contribution in [0.25, 0.3) is 71.7 Å². The van der Waals surface area contributed by atoms with Crippen LogP contribution >= 0.6 is 0 Å². The van der Waals surface area contributed by atoms with Crippen molar-refractivity contribution >= 4 is 60.8 Å². The highest BCUT2D eigenvalue weighted by Crippen LogP contribution is 2.43. The van der Waals surface area contributed by atoms with Gasteiger partial charge in [-0.05, 0) is 89.0 Å². The highest BCUT2D eigenvalue weighted by atomic mass is 16.3. The number of hydrogen-bond donors (Lipinski definition) is 0. The van der Waals surface area contributed by atoms with Gasteiger partial charge in [0.05, 0.1) is 16.7 Å². The summed E-state index contributed by atoms with van der Waals surface area (Å²) in [6.45, 7) is 0. The van der Waals surface area contributed by atoms with E-state index in [1.54, 1.807) is 0 Å². The number of fused-ring (bicyclic) bond motifs is 6. The van der Waals surface area contributed by atoms with Crippen molar-refractivity contribution in [2.45, 2.75) is 0 Å². The van der Waals surface area contributed by atoms with Crippen LogP contribution in [0.1, 0.15) is 0 Å². The predicted octanol–water partition coefficient (Wildman–Crippen LogP) is 13.5. The van der Waals surface area contributed by atoms with Crippen molar-refractivity contribution < 1.29 is 4.42 Å². The van der Waals surface area contributed by atoms with Crippen LogP contribution in [0.4, 0.5) is 17.1 Å². The van der Waals surface area contributed by atoms with Crippen molar-refractivity contribution in [2.75, 3.05) is 4.90 Å². The number of furan rings is 1. The van der Waals surface area contributed by atoms with Crippen molar-refractivity contribution in [3.63, 3.8) is 0 Å². The Kier molecular flexibility index (Phi) is 6.81. The Morgan fingerprint density at radius 1 is 0.373 bits per heavy atom. The van der Waals surface area contributed by atoms with Crippen LogP contribution in [0, 0.1) is 0 Å². The fourth-order valence-electron chi connectivity index (χ4n) is 7.58. The van der Waals surface area contributed by atoms with Crippen LogP contribution in [-0.2, 0) is 0 Å². The molecule has 0 unspecified atom stereocenters. The first-order chi connectivity index (χ1) is 25.3. The fourth-order valence-corrected chi connectivity index (χ4v) is 7.58. The first-order valence-electron chi connectivity index (χ1n) is 17.4. The van der Waals surface area contributed by atoms with E-state index in [1.807, 2.05) is 12.1 Å². The first kappa shape index (κ1) is 29.1. The van der Waals surface area contributed by atoms with Crippen LogP contribution in [0.5, 0.6) is 0 Å². The Labute approximate surface area is 295 Å². The lowest BCUT2D eigenvalue weighted by molar-refractivity contribution is 0.669. The van der Waals surface area contributed by atoms with E-state index in [0.29, 0.717) is 0 Å². The maximum Gasteiger partial charge on any atom is 0.159 e. The van der Waals surface area contributed by atoms with E-state index in [4.69, 9.17) is 4.42 Å². The molecule has 0 fully saturated rings. The molecule has 8 aromatic carbocycles. The number of anilines is 3. The summed E-state index contributed by atoms with van der Waals surface area (Å²) in [6.07, 6.45) is 0. The molecule has 0 aliphatic rings. The Morgan fingerprint density at radius 3 is 1.75 bits per heavy atom. The standard InChI is InChI=1S/C48H32N2O/c1-3-12-33(13-4-1)34-22-29-39(30-23-34)50-44-19-9-7-16-40(44)43-32-36(26-31-45(43)50)35-24-27-38(28-25-35)49(37-14-5-2-6-15-37)46-20-11-18-42-41-17-8-10-21-47(41)51-48(42)46/h1-32H. The molecule has 0 saturated carbocycles. The zero-order valence-corrected chi connectivity index (χ0v) is 27.8. The third-order valence-corrected chi connectivity index (χ3v) is 10.0. The summed E-state index contributed by atoms with van der Waals surface area (Å²) >= 11 is 0. The number of para-hydroxylation sites is 4. The third kappa shape index (κ3) is 4.90. The normalized spacial score (nSPS) is 11.5. The molecule has 3 heteroatoms. The number of aromatic nitrogens is 1. The van der Waals surface area contributed by atoms with E-state index in [1.165, 1.54) is 44.1 Å². The number of nitrogens with zero attached hydrogens (tertiary/aromatic N) is 2. The van der Waals surface area contributed by atoms with Gasteiger partial charge in [0.15, 0.2) is 5.58 Å². The Hall–Kier alpha value is -6.84. The zero-order chi connectivity index (χ0) is 33.7. The second kappa shape index (κ2) is 11.9. The second-order valence-corrected chi connectivity index (χ2v) is 13.0. The van der Waals surface area contributed by atoms with Crippen molar-refractivity contribution in [3.05, 3.63) is 194 Å². The van der Waals surface area contributed by atoms with Gasteiger partial charge in [-0.3, -0.25) is 0 Å². The van der Waals surface area contributed by atoms with Crippen molar-refractivity contribution in [2.24, 2.45) is 0 Å². The summed E-state index contributed by atoms with van der Waals surface area (Å²) in [7, 11) is 0. The molecule has 0 saturated heterocycles. The van der Waals surface area contributed by atoms with Gasteiger partial charge in [0, 0.05) is 38.6 Å². The lowest BCUT2D eigenvalue weighted by Crippen LogP contribution is -2.10. The third-order valence-electron chi connectivity index (χ3n) is 10.0. The van der Waals surface area contributed by atoms with Crippen LogP contribution < -0.4 is 4.90 Å². The van der Waals surface area contributed by atoms with E-state index in [2.05, 4.69) is 191 Å². The topological polar surface area (TPSA) is 21.3 Å². The van der Waals surface area contributed by atoms with Gasteiger partial charge in [0.25, 0.3) is 0 Å². The average Bonchev–Trinajstić information content (AvgIpc) is 3.75. The summed E-state index contributed by atoms with van der Waals surface area (Å²) in [5.41, 5.74) is 13.2. The van der Waals surface area contributed by atoms with E-state index >= 15 is 0 Å². The largest absolute Gasteiger partial charge is 0.454 e. The fraction of sp³-hybridized carbons (Fsp3) is 0. The second-order valence-electron chi connectivity index (χ2n) is 13.0. The Balaban J connectivity index is 1.05. The molecule has 2 heterocycles. The van der Waals surface area contributed by atoms with Gasteiger partial charge in [-0.25, -0.2) is 0 Å². The molecule has 2 aromatic heterocycles. The molecular weight excluding hydrogens is 621 g/mol. The molecule has 51 heavy (non-hydrogen) atoms. The summed E-state index contributed by atoms with van der Waals surface area (Å²) < 4.78 is 8.87. The van der Waals surface area contributed by atoms with Gasteiger partial charge in [-0.1, -0.05) is 127 Å². The molecule has 0 bridgehead atoms. The maximum atomic E-state index is 6.49. The quantitative estimate of drug-likeness (QED) is 0.178. The molecule has 0 amide bonds. The monoisotopic (exact) mass is 652 g/mol. The number of rotatable bonds is 6. The highest BCUT2D eigenvalue weighted by molar-refractivity contribution is 6.11. The Morgan fingerprint density at radius 2 is 0.941 bits per heavy atom. The van der Waals surface area contributed by atoms with Gasteiger partial charge in [0.1, 0.15) is 5.58 Å². The van der Waals surface area contributed by atoms with E-state index < -0.39 is 0 Å². The SMILES string of the molecule is c1ccc(-c2ccc(-n3c4ccccc4c4cc(-c5ccc(N(c6ccccc6)c6cccc7c6oc6ccccc67)cc5)ccc43)cc2)cc1. The molecule has 0 N–H and O–H groups in total. The van der Waals surface area contributed by atoms with Crippen LogP contribution in [0.2, 0.25) is 0 Å². The van der Waals surface area contributed by atoms with E-state index in [9.17, 15) is 0 Å². The summed E-state index contributed by atoms with van der Waals surface area (Å²) in [6, 6.07) is 69.0. The maximum absolute atomic E-state index is 6.49. The Bertz CT molecular complexity index is 2830. The molecule has 0 spiro atoms. The predicted molar refractivity (Wildman–Crippen MR) is 214 cm³/mol. The summed E-state index contributed by atoms with van der Waals surface area (Å²) in [4.78, 5) is 2.29. The molecule has 3 nitrogen and oxygen atoms in total. The number of hydrogen-bond acceptors (Lipinski definition) is 2. The number of benzene rings is 8. The molecular formula is C48H32N2O. The van der Waals surface area contributed by atoms with Crippen molar-refractivity contribution in [1.29, 1.82) is 0 Å². The van der Waals surface area contributed by atoms with Crippen LogP contribution in [-0.4, -0.2) is 4.57 Å². The molecule has 0 atom stereocenters. The van der Waals surface area contributed by atoms with Crippen LogP contribution in [0.3, 0.4) is 0 Å². The van der Waals surface area contributed by atoms with E-state index in [0.717, 1.165) is 44.7 Å². The minimum absolute atomic E-state index is 0.878. The van der Waals surface area contributed by atoms with E-state index in [-0.39, 0.29) is 0 Å². The minimum Gasteiger partial charge on any atom is -0.454 e. The van der Waals surface area contributed by atoms with Crippen molar-refractivity contribution in [3.8, 4) is 27.9 Å². The van der Waals surface area contributed by atoms with Gasteiger partial charge < -0.3 is 13.9 Å². The molecule has 10 rings (SSSR count). The van der Waals surface area contributed by atoms with Gasteiger partial charge in [-0.15, -0.1) is 0 Å². The smallest absolute Gasteiger partial charge is 0.159 e. The minimum atomic E-state index is 0.878. The summed E-state index contributed by atoms with van der Waals surface area (Å²) in [5.74, 6) is 0. The molecule has 240 valence electrons. The first-order valence-corrected chi connectivity index (χ1v) is 17.4.